The Kier molecular flexibility index (Phi) is 2.07. The van der Waals surface area contributed by atoms with E-state index in [0.717, 1.165) is 17.0 Å². The molecule has 2 rings (SSSR count). The maximum atomic E-state index is 10.7. The van der Waals surface area contributed by atoms with Gasteiger partial charge in [0, 0.05) is 23.2 Å². The fraction of sp³-hybridized carbons (Fsp3) is 0.444. The number of thioether (sulfide) groups is 1. The molecular formula is C9H11NO2S. The van der Waals surface area contributed by atoms with Crippen LogP contribution in [-0.2, 0) is 17.6 Å². The van der Waals surface area contributed by atoms with Crippen LogP contribution >= 0.6 is 11.8 Å². The van der Waals surface area contributed by atoms with Gasteiger partial charge in [-0.15, -0.1) is 11.8 Å². The topological polar surface area (TPSA) is 53.1 Å². The van der Waals surface area contributed by atoms with E-state index >= 15 is 0 Å². The zero-order chi connectivity index (χ0) is 9.42. The number of carbonyl (C=O) groups is 1. The molecular weight excluding hydrogens is 186 g/mol. The molecule has 0 fully saturated rings. The first-order valence-corrected chi connectivity index (χ1v) is 5.19. The summed E-state index contributed by atoms with van der Waals surface area (Å²) in [5, 5.41) is 8.55. The van der Waals surface area contributed by atoms with Crippen molar-refractivity contribution in [3.05, 3.63) is 17.5 Å². The van der Waals surface area contributed by atoms with Gasteiger partial charge >= 0.3 is 5.97 Å². The van der Waals surface area contributed by atoms with Crippen LogP contribution in [0.3, 0.4) is 0 Å². The van der Waals surface area contributed by atoms with Crippen LogP contribution in [0.25, 0.3) is 0 Å². The van der Waals surface area contributed by atoms with E-state index in [0.29, 0.717) is 6.42 Å². The molecule has 0 saturated carbocycles. The van der Waals surface area contributed by atoms with Gasteiger partial charge in [0.2, 0.25) is 0 Å². The van der Waals surface area contributed by atoms with Gasteiger partial charge in [-0.3, -0.25) is 4.79 Å². The van der Waals surface area contributed by atoms with Crippen molar-refractivity contribution in [2.24, 2.45) is 0 Å². The van der Waals surface area contributed by atoms with Crippen LogP contribution in [0.1, 0.15) is 18.2 Å². The molecule has 2 heterocycles. The molecule has 4 heteroatoms. The monoisotopic (exact) mass is 197 g/mol. The molecule has 0 aliphatic carbocycles. The summed E-state index contributed by atoms with van der Waals surface area (Å²) in [6, 6.07) is 0. The lowest BCUT2D eigenvalue weighted by Crippen LogP contribution is -2.14. The molecule has 0 radical (unpaired) electrons. The zero-order valence-electron chi connectivity index (χ0n) is 7.33. The highest BCUT2D eigenvalue weighted by molar-refractivity contribution is 8.01. The van der Waals surface area contributed by atoms with Gasteiger partial charge in [0.25, 0.3) is 0 Å². The highest BCUT2D eigenvalue weighted by atomic mass is 32.2. The standard InChI is InChI=1S/C9H11NO2S/c1-2-5-4-10-6-3-7(9(11)12)13-8(5)6/h4,7,10H,2-3H2,1H3,(H,11,12). The third-order valence-electron chi connectivity index (χ3n) is 2.29. The predicted octanol–water partition coefficient (Wildman–Crippen LogP) is 1.68. The molecule has 1 aliphatic heterocycles. The molecule has 2 N–H and O–H groups in total. The van der Waals surface area contributed by atoms with Crippen LogP contribution in [-0.4, -0.2) is 21.3 Å². The van der Waals surface area contributed by atoms with E-state index in [1.165, 1.54) is 17.3 Å². The molecule has 0 saturated heterocycles. The average molecular weight is 197 g/mol. The summed E-state index contributed by atoms with van der Waals surface area (Å²) < 4.78 is 0. The Morgan fingerprint density at radius 2 is 2.62 bits per heavy atom. The van der Waals surface area contributed by atoms with Crippen LogP contribution in [0.4, 0.5) is 0 Å². The van der Waals surface area contributed by atoms with Gasteiger partial charge in [0.1, 0.15) is 5.25 Å². The van der Waals surface area contributed by atoms with Gasteiger partial charge in [0.05, 0.1) is 0 Å². The van der Waals surface area contributed by atoms with Crippen molar-refractivity contribution in [3.8, 4) is 0 Å². The molecule has 70 valence electrons. The summed E-state index contributed by atoms with van der Waals surface area (Å²) in [4.78, 5) is 15.0. The first kappa shape index (κ1) is 8.69. The summed E-state index contributed by atoms with van der Waals surface area (Å²) in [6.45, 7) is 2.08. The van der Waals surface area contributed by atoms with Crippen molar-refractivity contribution in [2.75, 3.05) is 0 Å². The molecule has 0 spiro atoms. The second kappa shape index (κ2) is 3.10. The third kappa shape index (κ3) is 1.35. The van der Waals surface area contributed by atoms with Crippen molar-refractivity contribution in [2.45, 2.75) is 29.9 Å². The molecule has 13 heavy (non-hydrogen) atoms. The number of hydrogen-bond acceptors (Lipinski definition) is 2. The van der Waals surface area contributed by atoms with Crippen LogP contribution < -0.4 is 0 Å². The third-order valence-corrected chi connectivity index (χ3v) is 3.69. The maximum Gasteiger partial charge on any atom is 0.317 e. The zero-order valence-corrected chi connectivity index (χ0v) is 8.15. The van der Waals surface area contributed by atoms with E-state index in [9.17, 15) is 4.79 Å². The van der Waals surface area contributed by atoms with Gasteiger partial charge in [-0.1, -0.05) is 6.92 Å². The molecule has 0 amide bonds. The second-order valence-electron chi connectivity index (χ2n) is 3.12. The minimum absolute atomic E-state index is 0.284. The second-order valence-corrected chi connectivity index (χ2v) is 4.34. The molecule has 0 bridgehead atoms. The van der Waals surface area contributed by atoms with E-state index in [2.05, 4.69) is 11.9 Å². The highest BCUT2D eigenvalue weighted by Gasteiger charge is 2.30. The fourth-order valence-electron chi connectivity index (χ4n) is 1.57. The normalized spacial score (nSPS) is 20.2. The first-order chi connectivity index (χ1) is 6.22. The van der Waals surface area contributed by atoms with E-state index < -0.39 is 5.97 Å². The van der Waals surface area contributed by atoms with Crippen molar-refractivity contribution >= 4 is 17.7 Å². The lowest BCUT2D eigenvalue weighted by atomic mass is 10.2. The number of carboxylic acids is 1. The quantitative estimate of drug-likeness (QED) is 0.758. The van der Waals surface area contributed by atoms with Crippen LogP contribution in [0.5, 0.6) is 0 Å². The Morgan fingerprint density at radius 3 is 3.23 bits per heavy atom. The smallest absolute Gasteiger partial charge is 0.317 e. The highest BCUT2D eigenvalue weighted by Crippen LogP contribution is 2.39. The summed E-state index contributed by atoms with van der Waals surface area (Å²) in [5.74, 6) is -0.711. The first-order valence-electron chi connectivity index (χ1n) is 4.31. The number of nitrogens with one attached hydrogen (secondary N) is 1. The number of H-pyrrole nitrogens is 1. The Balaban J connectivity index is 2.26. The summed E-state index contributed by atoms with van der Waals surface area (Å²) in [7, 11) is 0. The van der Waals surface area contributed by atoms with E-state index in [1.54, 1.807) is 0 Å². The van der Waals surface area contributed by atoms with Crippen LogP contribution in [0, 0.1) is 0 Å². The maximum absolute atomic E-state index is 10.7. The van der Waals surface area contributed by atoms with Crippen molar-refractivity contribution in [3.63, 3.8) is 0 Å². The number of aromatic nitrogens is 1. The van der Waals surface area contributed by atoms with Crippen molar-refractivity contribution < 1.29 is 9.90 Å². The molecule has 1 aromatic rings. The fourth-order valence-corrected chi connectivity index (χ4v) is 2.84. The number of aliphatic carboxylic acids is 1. The van der Waals surface area contributed by atoms with Crippen molar-refractivity contribution in [1.29, 1.82) is 0 Å². The minimum atomic E-state index is -0.711. The predicted molar refractivity (Wildman–Crippen MR) is 51.2 cm³/mol. The largest absolute Gasteiger partial charge is 0.480 e. The Labute approximate surface area is 80.5 Å². The molecule has 1 atom stereocenters. The Hall–Kier alpha value is -0.900. The van der Waals surface area contributed by atoms with E-state index in [4.69, 9.17) is 5.11 Å². The van der Waals surface area contributed by atoms with Gasteiger partial charge < -0.3 is 10.1 Å². The number of fused-ring (bicyclic) bond motifs is 1. The lowest BCUT2D eigenvalue weighted by Gasteiger charge is -2.00. The van der Waals surface area contributed by atoms with Gasteiger partial charge in [-0.05, 0) is 12.0 Å². The van der Waals surface area contributed by atoms with Gasteiger partial charge in [0.15, 0.2) is 0 Å². The molecule has 1 unspecified atom stereocenters. The summed E-state index contributed by atoms with van der Waals surface area (Å²) in [5.41, 5.74) is 2.33. The SMILES string of the molecule is CCc1c[nH]c2c1SC(C(=O)O)C2. The van der Waals surface area contributed by atoms with E-state index in [-0.39, 0.29) is 5.25 Å². The van der Waals surface area contributed by atoms with Crippen LogP contribution in [0.2, 0.25) is 0 Å². The van der Waals surface area contributed by atoms with Gasteiger partial charge in [-0.25, -0.2) is 0 Å². The summed E-state index contributed by atoms with van der Waals surface area (Å²) >= 11 is 1.47. The summed E-state index contributed by atoms with van der Waals surface area (Å²) in [6.07, 6.45) is 3.58. The number of rotatable bonds is 2. The minimum Gasteiger partial charge on any atom is -0.480 e. The number of aryl methyl sites for hydroxylation is 1. The average Bonchev–Trinajstić information content (AvgIpc) is 2.60. The number of hydrogen-bond donors (Lipinski definition) is 2. The molecule has 3 nitrogen and oxygen atoms in total. The van der Waals surface area contributed by atoms with Gasteiger partial charge in [-0.2, -0.15) is 0 Å². The Morgan fingerprint density at radius 1 is 1.85 bits per heavy atom. The molecule has 1 aromatic heterocycles. The molecule has 0 aromatic carbocycles. The van der Waals surface area contributed by atoms with Crippen molar-refractivity contribution in [1.82, 2.24) is 4.98 Å². The lowest BCUT2D eigenvalue weighted by molar-refractivity contribution is -0.136. The number of aromatic amines is 1. The van der Waals surface area contributed by atoms with E-state index in [1.807, 2.05) is 6.20 Å². The number of carboxylic acid groups (broad SMARTS) is 1. The Bertz CT molecular complexity index is 345. The van der Waals surface area contributed by atoms with Crippen LogP contribution in [0.15, 0.2) is 11.1 Å². The molecule has 1 aliphatic rings.